The molecule has 1 heterocycles. The Morgan fingerprint density at radius 1 is 1.23 bits per heavy atom. The number of carbonyl (C=O) groups is 2. The van der Waals surface area contributed by atoms with Crippen LogP contribution < -0.4 is 10.1 Å². The lowest BCUT2D eigenvalue weighted by molar-refractivity contribution is -0.119. The maximum Gasteiger partial charge on any atom is 0.338 e. The highest BCUT2D eigenvalue weighted by atomic mass is 35.5. The monoisotopic (exact) mass is 396 g/mol. The van der Waals surface area contributed by atoms with Crippen LogP contribution in [0.2, 0.25) is 10.0 Å². The molecule has 0 fully saturated rings. The lowest BCUT2D eigenvalue weighted by atomic mass is 10.2. The minimum absolute atomic E-state index is 0.140. The lowest BCUT2D eigenvalue weighted by Crippen LogP contribution is -2.21. The average molecular weight is 397 g/mol. The Labute approximate surface area is 161 Å². The molecule has 0 aliphatic rings. The zero-order valence-corrected chi connectivity index (χ0v) is 15.8. The van der Waals surface area contributed by atoms with Crippen molar-refractivity contribution < 1.29 is 19.1 Å². The van der Waals surface area contributed by atoms with Crippen LogP contribution >= 0.6 is 23.2 Å². The van der Waals surface area contributed by atoms with Crippen LogP contribution in [0.5, 0.6) is 5.75 Å². The SMILES string of the molecule is CC(C)COc1cccc(C(=O)OCC(=O)Nc2ncc(Cl)cc2Cl)c1. The average Bonchev–Trinajstić information content (AvgIpc) is 2.60. The van der Waals surface area contributed by atoms with Gasteiger partial charge >= 0.3 is 5.97 Å². The van der Waals surface area contributed by atoms with Crippen LogP contribution in [-0.4, -0.2) is 30.1 Å². The van der Waals surface area contributed by atoms with Crippen molar-refractivity contribution >= 4 is 40.9 Å². The first kappa shape index (κ1) is 20.0. The van der Waals surface area contributed by atoms with E-state index in [4.69, 9.17) is 32.7 Å². The molecule has 0 saturated heterocycles. The summed E-state index contributed by atoms with van der Waals surface area (Å²) in [5.74, 6) is -0.133. The molecule has 8 heteroatoms. The summed E-state index contributed by atoms with van der Waals surface area (Å²) in [4.78, 5) is 27.9. The summed E-state index contributed by atoms with van der Waals surface area (Å²) in [6.07, 6.45) is 1.34. The van der Waals surface area contributed by atoms with Gasteiger partial charge in [-0.3, -0.25) is 4.79 Å². The van der Waals surface area contributed by atoms with Gasteiger partial charge in [-0.25, -0.2) is 9.78 Å². The molecule has 0 spiro atoms. The van der Waals surface area contributed by atoms with E-state index in [0.717, 1.165) is 0 Å². The summed E-state index contributed by atoms with van der Waals surface area (Å²) >= 11 is 11.7. The van der Waals surface area contributed by atoms with Gasteiger partial charge in [-0.15, -0.1) is 0 Å². The highest BCUT2D eigenvalue weighted by Crippen LogP contribution is 2.22. The predicted octanol–water partition coefficient (Wildman–Crippen LogP) is 4.22. The number of aromatic nitrogens is 1. The number of halogens is 2. The number of nitrogens with zero attached hydrogens (tertiary/aromatic N) is 1. The normalized spacial score (nSPS) is 10.5. The van der Waals surface area contributed by atoms with Gasteiger partial charge in [-0.2, -0.15) is 0 Å². The molecule has 1 aromatic carbocycles. The molecule has 0 aliphatic heterocycles. The first-order valence-corrected chi connectivity index (χ1v) is 8.61. The number of pyridine rings is 1. The first-order valence-electron chi connectivity index (χ1n) is 7.86. The number of hydrogen-bond donors (Lipinski definition) is 1. The number of esters is 1. The van der Waals surface area contributed by atoms with Gasteiger partial charge < -0.3 is 14.8 Å². The van der Waals surface area contributed by atoms with Crippen LogP contribution in [-0.2, 0) is 9.53 Å². The fraction of sp³-hybridized carbons (Fsp3) is 0.278. The fourth-order valence-corrected chi connectivity index (χ4v) is 2.29. The predicted molar refractivity (Wildman–Crippen MR) is 99.9 cm³/mol. The number of hydrogen-bond acceptors (Lipinski definition) is 5. The van der Waals surface area contributed by atoms with E-state index in [1.165, 1.54) is 12.3 Å². The zero-order chi connectivity index (χ0) is 19.1. The molecule has 0 radical (unpaired) electrons. The van der Waals surface area contributed by atoms with Crippen molar-refractivity contribution in [2.75, 3.05) is 18.5 Å². The van der Waals surface area contributed by atoms with Crippen molar-refractivity contribution in [2.24, 2.45) is 5.92 Å². The molecule has 138 valence electrons. The van der Waals surface area contributed by atoms with Crippen molar-refractivity contribution in [3.8, 4) is 5.75 Å². The lowest BCUT2D eigenvalue weighted by Gasteiger charge is -2.10. The summed E-state index contributed by atoms with van der Waals surface area (Å²) in [6.45, 7) is 4.11. The van der Waals surface area contributed by atoms with Crippen LogP contribution in [0.4, 0.5) is 5.82 Å². The van der Waals surface area contributed by atoms with E-state index in [2.05, 4.69) is 10.3 Å². The van der Waals surface area contributed by atoms with E-state index < -0.39 is 18.5 Å². The molecule has 2 aromatic rings. The molecular formula is C18H18Cl2N2O4. The third kappa shape index (κ3) is 6.20. The fourth-order valence-electron chi connectivity index (χ4n) is 1.86. The number of carbonyl (C=O) groups excluding carboxylic acids is 2. The van der Waals surface area contributed by atoms with E-state index >= 15 is 0 Å². The van der Waals surface area contributed by atoms with Gasteiger partial charge in [0.1, 0.15) is 5.75 Å². The Hall–Kier alpha value is -2.31. The Balaban J connectivity index is 1.89. The van der Waals surface area contributed by atoms with Crippen molar-refractivity contribution in [1.29, 1.82) is 0 Å². The maximum atomic E-state index is 12.1. The van der Waals surface area contributed by atoms with Gasteiger partial charge in [-0.1, -0.05) is 43.1 Å². The molecule has 26 heavy (non-hydrogen) atoms. The number of amides is 1. The largest absolute Gasteiger partial charge is 0.493 e. The van der Waals surface area contributed by atoms with Crippen LogP contribution in [0.1, 0.15) is 24.2 Å². The molecule has 0 atom stereocenters. The van der Waals surface area contributed by atoms with E-state index in [9.17, 15) is 9.59 Å². The Morgan fingerprint density at radius 2 is 2.00 bits per heavy atom. The van der Waals surface area contributed by atoms with Crippen molar-refractivity contribution in [3.63, 3.8) is 0 Å². The second-order valence-corrected chi connectivity index (χ2v) is 6.68. The summed E-state index contributed by atoms with van der Waals surface area (Å²) < 4.78 is 10.6. The van der Waals surface area contributed by atoms with E-state index in [1.54, 1.807) is 24.3 Å². The summed E-state index contributed by atoms with van der Waals surface area (Å²) in [7, 11) is 0. The molecule has 0 aliphatic carbocycles. The Bertz CT molecular complexity index is 797. The molecule has 1 N–H and O–H groups in total. The van der Waals surface area contributed by atoms with Crippen LogP contribution in [0.25, 0.3) is 0 Å². The maximum absolute atomic E-state index is 12.1. The van der Waals surface area contributed by atoms with Gasteiger partial charge in [0.2, 0.25) is 0 Å². The second-order valence-electron chi connectivity index (χ2n) is 5.84. The summed E-state index contributed by atoms with van der Waals surface area (Å²) in [5.41, 5.74) is 0.293. The Kier molecular flexibility index (Phi) is 7.24. The van der Waals surface area contributed by atoms with Gasteiger partial charge in [0.05, 0.1) is 22.2 Å². The molecule has 0 bridgehead atoms. The summed E-state index contributed by atoms with van der Waals surface area (Å²) in [5, 5.41) is 2.98. The molecule has 0 unspecified atom stereocenters. The van der Waals surface area contributed by atoms with Crippen molar-refractivity contribution in [1.82, 2.24) is 4.98 Å². The zero-order valence-electron chi connectivity index (χ0n) is 14.3. The molecule has 2 rings (SSSR count). The first-order chi connectivity index (χ1) is 12.3. The van der Waals surface area contributed by atoms with Crippen LogP contribution in [0, 0.1) is 5.92 Å². The van der Waals surface area contributed by atoms with E-state index in [0.29, 0.717) is 28.9 Å². The van der Waals surface area contributed by atoms with E-state index in [-0.39, 0.29) is 10.8 Å². The van der Waals surface area contributed by atoms with Crippen LogP contribution in [0.3, 0.4) is 0 Å². The smallest absolute Gasteiger partial charge is 0.338 e. The summed E-state index contributed by atoms with van der Waals surface area (Å²) in [6, 6.07) is 8.03. The standard InChI is InChI=1S/C18H18Cl2N2O4/c1-11(2)9-25-14-5-3-4-12(6-14)18(24)26-10-16(23)22-17-15(20)7-13(19)8-21-17/h3-8,11H,9-10H2,1-2H3,(H,21,22,23). The number of ether oxygens (including phenoxy) is 2. The minimum Gasteiger partial charge on any atom is -0.493 e. The highest BCUT2D eigenvalue weighted by molar-refractivity contribution is 6.36. The molecule has 1 aromatic heterocycles. The molecular weight excluding hydrogens is 379 g/mol. The number of anilines is 1. The van der Waals surface area contributed by atoms with Gasteiger partial charge in [0.15, 0.2) is 12.4 Å². The minimum atomic E-state index is -0.634. The number of benzene rings is 1. The van der Waals surface area contributed by atoms with Crippen molar-refractivity contribution in [2.45, 2.75) is 13.8 Å². The molecule has 6 nitrogen and oxygen atoms in total. The molecule has 1 amide bonds. The van der Waals surface area contributed by atoms with Gasteiger partial charge in [0.25, 0.3) is 5.91 Å². The van der Waals surface area contributed by atoms with Gasteiger partial charge in [-0.05, 0) is 30.2 Å². The van der Waals surface area contributed by atoms with E-state index in [1.807, 2.05) is 13.8 Å². The van der Waals surface area contributed by atoms with Gasteiger partial charge in [0, 0.05) is 6.20 Å². The third-order valence-corrected chi connectivity index (χ3v) is 3.55. The third-order valence-electron chi connectivity index (χ3n) is 3.05. The molecule has 0 saturated carbocycles. The topological polar surface area (TPSA) is 77.5 Å². The highest BCUT2D eigenvalue weighted by Gasteiger charge is 2.13. The quantitative estimate of drug-likeness (QED) is 0.708. The van der Waals surface area contributed by atoms with Crippen molar-refractivity contribution in [3.05, 3.63) is 52.1 Å². The van der Waals surface area contributed by atoms with Crippen LogP contribution in [0.15, 0.2) is 36.5 Å². The Morgan fingerprint density at radius 3 is 2.69 bits per heavy atom. The number of nitrogens with one attached hydrogen (secondary N) is 1. The number of rotatable bonds is 7. The second kappa shape index (κ2) is 9.40.